The van der Waals surface area contributed by atoms with Crippen LogP contribution in [0.1, 0.15) is 0 Å². The molecule has 0 fully saturated rings. The summed E-state index contributed by atoms with van der Waals surface area (Å²) in [5.41, 5.74) is 6.11. The van der Waals surface area contributed by atoms with Crippen LogP contribution < -0.4 is 15.2 Å². The lowest BCUT2D eigenvalue weighted by Gasteiger charge is -2.06. The van der Waals surface area contributed by atoms with Crippen LogP contribution in [-0.2, 0) is 0 Å². The van der Waals surface area contributed by atoms with Crippen LogP contribution in [0, 0.1) is 0 Å². The Bertz CT molecular complexity index is 591. The first kappa shape index (κ1) is 11.1. The number of carbonyl (C=O) groups is 1. The third-order valence-electron chi connectivity index (χ3n) is 2.39. The fourth-order valence-corrected chi connectivity index (χ4v) is 1.58. The highest BCUT2D eigenvalue weighted by molar-refractivity contribution is 5.95. The van der Waals surface area contributed by atoms with E-state index in [9.17, 15) is 4.79 Å². The number of benzene rings is 1. The zero-order chi connectivity index (χ0) is 12.6. The van der Waals surface area contributed by atoms with Gasteiger partial charge in [0.2, 0.25) is 0 Å². The molecule has 0 amide bonds. The van der Waals surface area contributed by atoms with E-state index in [4.69, 9.17) is 20.3 Å². The highest BCUT2D eigenvalue weighted by Gasteiger charge is 2.16. The van der Waals surface area contributed by atoms with Crippen molar-refractivity contribution in [1.29, 1.82) is 0 Å². The Hall–Kier alpha value is -2.44. The van der Waals surface area contributed by atoms with Crippen LogP contribution in [0.5, 0.6) is 11.5 Å². The van der Waals surface area contributed by atoms with Crippen LogP contribution in [0.2, 0.25) is 0 Å². The first-order chi connectivity index (χ1) is 8.08. The number of nitrogens with zero attached hydrogens (tertiary/aromatic N) is 2. The van der Waals surface area contributed by atoms with Crippen molar-refractivity contribution < 1.29 is 19.4 Å². The Labute approximate surface area is 96.3 Å². The predicted octanol–water partition coefficient (Wildman–Crippen LogP) is 1.16. The number of ether oxygens (including phenoxy) is 2. The van der Waals surface area contributed by atoms with Gasteiger partial charge in [-0.15, -0.1) is 4.68 Å². The third kappa shape index (κ3) is 1.61. The molecule has 0 unspecified atom stereocenters. The topological polar surface area (TPSA) is 99.6 Å². The summed E-state index contributed by atoms with van der Waals surface area (Å²) < 4.78 is 10.9. The quantitative estimate of drug-likeness (QED) is 0.813. The summed E-state index contributed by atoms with van der Waals surface area (Å²) in [5, 5.41) is 13.2. The minimum Gasteiger partial charge on any atom is -0.493 e. The minimum absolute atomic E-state index is 0.0495. The van der Waals surface area contributed by atoms with Crippen molar-refractivity contribution in [2.24, 2.45) is 0 Å². The van der Waals surface area contributed by atoms with Gasteiger partial charge in [-0.1, -0.05) is 0 Å². The van der Waals surface area contributed by atoms with Gasteiger partial charge in [-0.3, -0.25) is 0 Å². The van der Waals surface area contributed by atoms with Crippen LogP contribution >= 0.6 is 0 Å². The fraction of sp³-hybridized carbons (Fsp3) is 0.200. The van der Waals surface area contributed by atoms with Crippen molar-refractivity contribution in [1.82, 2.24) is 9.78 Å². The Balaban J connectivity index is 2.75. The molecule has 0 radical (unpaired) electrons. The molecular formula is C10H11N3O4. The average Bonchev–Trinajstić information content (AvgIpc) is 2.64. The maximum Gasteiger partial charge on any atom is 0.434 e. The molecule has 1 heterocycles. The van der Waals surface area contributed by atoms with E-state index >= 15 is 0 Å². The second-order valence-corrected chi connectivity index (χ2v) is 3.30. The largest absolute Gasteiger partial charge is 0.493 e. The van der Waals surface area contributed by atoms with Gasteiger partial charge in [-0.2, -0.15) is 5.10 Å². The highest BCUT2D eigenvalue weighted by atomic mass is 16.5. The third-order valence-corrected chi connectivity index (χ3v) is 2.39. The molecule has 0 spiro atoms. The summed E-state index contributed by atoms with van der Waals surface area (Å²) in [6.45, 7) is 0. The molecular weight excluding hydrogens is 226 g/mol. The lowest BCUT2D eigenvalue weighted by Crippen LogP contribution is -2.12. The number of anilines is 1. The molecule has 0 aliphatic heterocycles. The van der Waals surface area contributed by atoms with Gasteiger partial charge < -0.3 is 20.3 Å². The Kier molecular flexibility index (Phi) is 2.51. The standard InChI is InChI=1S/C10H11N3O4/c1-16-7-3-5-6(4-8(7)17-2)12-13(9(5)11)10(14)15/h3-4H,11H2,1-2H3,(H,14,15). The molecule has 7 heteroatoms. The molecule has 1 aromatic heterocycles. The lowest BCUT2D eigenvalue weighted by molar-refractivity contribution is 0.193. The van der Waals surface area contributed by atoms with Crippen LogP contribution in [0.15, 0.2) is 12.1 Å². The SMILES string of the molecule is COc1cc2nn(C(=O)O)c(N)c2cc1OC. The summed E-state index contributed by atoms with van der Waals surface area (Å²) in [6.07, 6.45) is -1.24. The lowest BCUT2D eigenvalue weighted by atomic mass is 10.2. The molecule has 0 aliphatic carbocycles. The summed E-state index contributed by atoms with van der Waals surface area (Å²) >= 11 is 0. The maximum atomic E-state index is 10.9. The second kappa shape index (κ2) is 3.85. The summed E-state index contributed by atoms with van der Waals surface area (Å²) in [4.78, 5) is 10.9. The molecule has 1 aromatic carbocycles. The van der Waals surface area contributed by atoms with Crippen LogP contribution in [-0.4, -0.2) is 35.2 Å². The van der Waals surface area contributed by atoms with Crippen molar-refractivity contribution in [3.63, 3.8) is 0 Å². The van der Waals surface area contributed by atoms with Crippen molar-refractivity contribution in [2.45, 2.75) is 0 Å². The number of hydrogen-bond acceptors (Lipinski definition) is 5. The van der Waals surface area contributed by atoms with E-state index in [1.807, 2.05) is 0 Å². The van der Waals surface area contributed by atoms with Crippen LogP contribution in [0.25, 0.3) is 10.9 Å². The Morgan fingerprint density at radius 1 is 1.35 bits per heavy atom. The first-order valence-electron chi connectivity index (χ1n) is 4.72. The minimum atomic E-state index is -1.24. The van der Waals surface area contributed by atoms with Gasteiger partial charge >= 0.3 is 6.09 Å². The second-order valence-electron chi connectivity index (χ2n) is 3.30. The van der Waals surface area contributed by atoms with E-state index < -0.39 is 6.09 Å². The molecule has 17 heavy (non-hydrogen) atoms. The maximum absolute atomic E-state index is 10.9. The van der Waals surface area contributed by atoms with Gasteiger partial charge in [-0.25, -0.2) is 4.79 Å². The van der Waals surface area contributed by atoms with Gasteiger partial charge in [0.15, 0.2) is 11.5 Å². The van der Waals surface area contributed by atoms with Crippen molar-refractivity contribution in [3.8, 4) is 11.5 Å². The van der Waals surface area contributed by atoms with Gasteiger partial charge in [-0.05, 0) is 6.07 Å². The van der Waals surface area contributed by atoms with Gasteiger partial charge in [0.1, 0.15) is 5.82 Å². The zero-order valence-electron chi connectivity index (χ0n) is 9.30. The zero-order valence-corrected chi connectivity index (χ0v) is 9.30. The molecule has 0 bridgehead atoms. The van der Waals surface area contributed by atoms with Gasteiger partial charge in [0.05, 0.1) is 19.7 Å². The molecule has 0 saturated carbocycles. The molecule has 7 nitrogen and oxygen atoms in total. The molecule has 2 rings (SSSR count). The summed E-state index contributed by atoms with van der Waals surface area (Å²) in [7, 11) is 2.97. The van der Waals surface area contributed by atoms with E-state index in [-0.39, 0.29) is 5.82 Å². The molecule has 0 aliphatic rings. The van der Waals surface area contributed by atoms with Gasteiger partial charge in [0.25, 0.3) is 0 Å². The van der Waals surface area contributed by atoms with E-state index in [1.54, 1.807) is 12.1 Å². The monoisotopic (exact) mass is 237 g/mol. The normalized spacial score (nSPS) is 10.5. The van der Waals surface area contributed by atoms with Crippen LogP contribution in [0.3, 0.4) is 0 Å². The summed E-state index contributed by atoms with van der Waals surface area (Å²) in [6, 6.07) is 3.17. The molecule has 90 valence electrons. The number of carboxylic acid groups (broad SMARTS) is 1. The Morgan fingerprint density at radius 3 is 2.47 bits per heavy atom. The van der Waals surface area contributed by atoms with E-state index in [1.165, 1.54) is 14.2 Å². The first-order valence-corrected chi connectivity index (χ1v) is 4.72. The number of aromatic nitrogens is 2. The van der Waals surface area contributed by atoms with Crippen molar-refractivity contribution in [3.05, 3.63) is 12.1 Å². The van der Waals surface area contributed by atoms with E-state index in [0.29, 0.717) is 27.1 Å². The fourth-order valence-electron chi connectivity index (χ4n) is 1.58. The van der Waals surface area contributed by atoms with Crippen LogP contribution in [0.4, 0.5) is 10.6 Å². The number of hydrogen-bond donors (Lipinski definition) is 2. The highest BCUT2D eigenvalue weighted by Crippen LogP contribution is 2.34. The van der Waals surface area contributed by atoms with Gasteiger partial charge in [0, 0.05) is 11.5 Å². The number of fused-ring (bicyclic) bond motifs is 1. The number of nitrogen functional groups attached to an aromatic ring is 1. The molecule has 0 atom stereocenters. The summed E-state index contributed by atoms with van der Waals surface area (Å²) in [5.74, 6) is 0.986. The molecule has 3 N–H and O–H groups in total. The number of nitrogens with two attached hydrogens (primary N) is 1. The van der Waals surface area contributed by atoms with E-state index in [2.05, 4.69) is 5.10 Å². The average molecular weight is 237 g/mol. The number of methoxy groups -OCH3 is 2. The molecule has 0 saturated heterocycles. The molecule has 2 aromatic rings. The van der Waals surface area contributed by atoms with Crippen molar-refractivity contribution in [2.75, 3.05) is 20.0 Å². The van der Waals surface area contributed by atoms with Crippen molar-refractivity contribution >= 4 is 22.8 Å². The Morgan fingerprint density at radius 2 is 1.94 bits per heavy atom. The van der Waals surface area contributed by atoms with E-state index in [0.717, 1.165) is 0 Å². The number of rotatable bonds is 2. The smallest absolute Gasteiger partial charge is 0.434 e. The predicted molar refractivity (Wildman–Crippen MR) is 60.7 cm³/mol.